The van der Waals surface area contributed by atoms with Crippen LogP contribution in [-0.2, 0) is 24.4 Å². The molecule has 156 valence electrons. The van der Waals surface area contributed by atoms with Crippen LogP contribution < -0.4 is 4.74 Å². The van der Waals surface area contributed by atoms with E-state index in [1.54, 1.807) is 6.20 Å². The molecule has 0 saturated heterocycles. The number of pyridine rings is 1. The van der Waals surface area contributed by atoms with E-state index in [9.17, 15) is 4.79 Å². The molecule has 0 saturated carbocycles. The van der Waals surface area contributed by atoms with Crippen LogP contribution in [0.4, 0.5) is 0 Å². The van der Waals surface area contributed by atoms with Gasteiger partial charge in [0, 0.05) is 36.0 Å². The maximum Gasteiger partial charge on any atom is 0.234 e. The first-order valence-corrected chi connectivity index (χ1v) is 10.1. The number of amides is 1. The summed E-state index contributed by atoms with van der Waals surface area (Å²) < 4.78 is 11.3. The molecule has 1 aliphatic rings. The van der Waals surface area contributed by atoms with E-state index in [1.165, 1.54) is 0 Å². The number of hydrogen-bond donors (Lipinski definition) is 0. The molecule has 0 aliphatic carbocycles. The van der Waals surface area contributed by atoms with Gasteiger partial charge in [-0.25, -0.2) is 0 Å². The van der Waals surface area contributed by atoms with Gasteiger partial charge in [-0.1, -0.05) is 19.0 Å². The normalized spacial score (nSPS) is 13.4. The van der Waals surface area contributed by atoms with E-state index in [0.29, 0.717) is 30.4 Å². The van der Waals surface area contributed by atoms with Crippen LogP contribution >= 0.6 is 0 Å². The molecule has 0 bridgehead atoms. The number of aryl methyl sites for hydroxylation is 2. The third-order valence-electron chi connectivity index (χ3n) is 5.27. The number of carbonyl (C=O) groups excluding carboxylic acids is 1. The highest BCUT2D eigenvalue weighted by Gasteiger charge is 2.24. The Labute approximate surface area is 175 Å². The van der Waals surface area contributed by atoms with Crippen LogP contribution in [0.15, 0.2) is 28.9 Å². The van der Waals surface area contributed by atoms with Crippen LogP contribution in [0.25, 0.3) is 11.3 Å². The van der Waals surface area contributed by atoms with Crippen molar-refractivity contribution < 1.29 is 14.1 Å². The largest absolute Gasteiger partial charge is 0.471 e. The smallest absolute Gasteiger partial charge is 0.234 e. The van der Waals surface area contributed by atoms with E-state index in [-0.39, 0.29) is 18.4 Å². The van der Waals surface area contributed by atoms with Crippen molar-refractivity contribution in [3.8, 4) is 17.1 Å². The molecule has 0 atom stereocenters. The van der Waals surface area contributed by atoms with Crippen LogP contribution in [-0.4, -0.2) is 37.7 Å². The van der Waals surface area contributed by atoms with E-state index in [2.05, 4.69) is 20.3 Å². The zero-order valence-electron chi connectivity index (χ0n) is 17.7. The fourth-order valence-electron chi connectivity index (χ4n) is 3.47. The SMILES string of the molecule is Cc1ccc(-c2noc(C)c2COc2cc3c(nn2)CN(C(=O)C(C)C)CC3)cn1. The Morgan fingerprint density at radius 1 is 1.27 bits per heavy atom. The summed E-state index contributed by atoms with van der Waals surface area (Å²) in [6.07, 6.45) is 2.52. The average molecular weight is 407 g/mol. The number of fused-ring (bicyclic) bond motifs is 1. The lowest BCUT2D eigenvalue weighted by atomic mass is 10.0. The van der Waals surface area contributed by atoms with Crippen molar-refractivity contribution in [1.82, 2.24) is 25.2 Å². The van der Waals surface area contributed by atoms with Gasteiger partial charge in [0.1, 0.15) is 18.1 Å². The van der Waals surface area contributed by atoms with Gasteiger partial charge in [-0.05, 0) is 38.0 Å². The summed E-state index contributed by atoms with van der Waals surface area (Å²) in [4.78, 5) is 18.4. The molecule has 0 radical (unpaired) electrons. The van der Waals surface area contributed by atoms with Gasteiger partial charge in [0.2, 0.25) is 11.8 Å². The van der Waals surface area contributed by atoms with Crippen LogP contribution in [0.1, 0.15) is 42.1 Å². The van der Waals surface area contributed by atoms with Crippen LogP contribution in [0, 0.1) is 19.8 Å². The summed E-state index contributed by atoms with van der Waals surface area (Å²) in [6.45, 7) is 9.07. The van der Waals surface area contributed by atoms with E-state index in [4.69, 9.17) is 9.26 Å². The fraction of sp³-hybridized carbons (Fsp3) is 0.409. The van der Waals surface area contributed by atoms with E-state index in [0.717, 1.165) is 34.5 Å². The number of rotatable bonds is 5. The quantitative estimate of drug-likeness (QED) is 0.641. The van der Waals surface area contributed by atoms with Crippen LogP contribution in [0.2, 0.25) is 0 Å². The number of aromatic nitrogens is 4. The number of hydrogen-bond acceptors (Lipinski definition) is 7. The minimum Gasteiger partial charge on any atom is -0.471 e. The first-order chi connectivity index (χ1) is 14.4. The zero-order chi connectivity index (χ0) is 21.3. The molecular formula is C22H25N5O3. The Kier molecular flexibility index (Phi) is 5.48. The Morgan fingerprint density at radius 2 is 2.10 bits per heavy atom. The number of ether oxygens (including phenoxy) is 1. The summed E-state index contributed by atoms with van der Waals surface area (Å²) in [5.74, 6) is 1.26. The molecule has 8 heteroatoms. The van der Waals surface area contributed by atoms with Crippen molar-refractivity contribution in [2.45, 2.75) is 47.3 Å². The molecular weight excluding hydrogens is 382 g/mol. The summed E-state index contributed by atoms with van der Waals surface area (Å²) in [6, 6.07) is 5.81. The van der Waals surface area contributed by atoms with Gasteiger partial charge in [0.15, 0.2) is 0 Å². The Bertz CT molecular complexity index is 1060. The minimum absolute atomic E-state index is 0.0214. The van der Waals surface area contributed by atoms with Crippen molar-refractivity contribution in [2.24, 2.45) is 5.92 Å². The molecule has 0 N–H and O–H groups in total. The van der Waals surface area contributed by atoms with Gasteiger partial charge in [-0.3, -0.25) is 9.78 Å². The first kappa shape index (κ1) is 20.0. The Balaban J connectivity index is 1.48. The Morgan fingerprint density at radius 3 is 2.83 bits per heavy atom. The van der Waals surface area contributed by atoms with Gasteiger partial charge in [0.05, 0.1) is 17.8 Å². The van der Waals surface area contributed by atoms with Crippen molar-refractivity contribution in [1.29, 1.82) is 0 Å². The van der Waals surface area contributed by atoms with Crippen LogP contribution in [0.3, 0.4) is 0 Å². The zero-order valence-corrected chi connectivity index (χ0v) is 17.7. The molecule has 4 heterocycles. The lowest BCUT2D eigenvalue weighted by molar-refractivity contribution is -0.135. The lowest BCUT2D eigenvalue weighted by Crippen LogP contribution is -2.38. The first-order valence-electron chi connectivity index (χ1n) is 10.1. The van der Waals surface area contributed by atoms with Crippen molar-refractivity contribution in [2.75, 3.05) is 6.54 Å². The molecule has 1 aliphatic heterocycles. The number of nitrogens with zero attached hydrogens (tertiary/aromatic N) is 5. The predicted octanol–water partition coefficient (Wildman–Crippen LogP) is 3.26. The number of carbonyl (C=O) groups is 1. The predicted molar refractivity (Wildman–Crippen MR) is 110 cm³/mol. The van der Waals surface area contributed by atoms with E-state index >= 15 is 0 Å². The summed E-state index contributed by atoms with van der Waals surface area (Å²) in [5, 5.41) is 12.7. The third-order valence-corrected chi connectivity index (χ3v) is 5.27. The molecule has 0 spiro atoms. The fourth-order valence-corrected chi connectivity index (χ4v) is 3.47. The van der Waals surface area contributed by atoms with Gasteiger partial charge >= 0.3 is 0 Å². The van der Waals surface area contributed by atoms with Gasteiger partial charge in [-0.15, -0.1) is 10.2 Å². The van der Waals surface area contributed by atoms with Crippen LogP contribution in [0.5, 0.6) is 5.88 Å². The highest BCUT2D eigenvalue weighted by atomic mass is 16.5. The molecule has 0 aromatic carbocycles. The Hall–Kier alpha value is -3.29. The van der Waals surface area contributed by atoms with Crippen molar-refractivity contribution >= 4 is 5.91 Å². The second-order valence-corrected chi connectivity index (χ2v) is 7.86. The molecule has 4 rings (SSSR count). The summed E-state index contributed by atoms with van der Waals surface area (Å²) in [7, 11) is 0. The molecule has 8 nitrogen and oxygen atoms in total. The third kappa shape index (κ3) is 4.03. The highest BCUT2D eigenvalue weighted by Crippen LogP contribution is 2.27. The second kappa shape index (κ2) is 8.22. The molecule has 0 fully saturated rings. The second-order valence-electron chi connectivity index (χ2n) is 7.86. The maximum atomic E-state index is 12.2. The van der Waals surface area contributed by atoms with Gasteiger partial charge in [-0.2, -0.15) is 0 Å². The van der Waals surface area contributed by atoms with Gasteiger partial charge < -0.3 is 14.2 Å². The molecule has 3 aromatic rings. The highest BCUT2D eigenvalue weighted by molar-refractivity contribution is 5.78. The monoisotopic (exact) mass is 407 g/mol. The maximum absolute atomic E-state index is 12.2. The topological polar surface area (TPSA) is 94.2 Å². The molecule has 30 heavy (non-hydrogen) atoms. The molecule has 0 unspecified atom stereocenters. The van der Waals surface area contributed by atoms with Gasteiger partial charge in [0.25, 0.3) is 0 Å². The average Bonchev–Trinajstić information content (AvgIpc) is 3.12. The van der Waals surface area contributed by atoms with E-state index < -0.39 is 0 Å². The minimum atomic E-state index is -0.0214. The molecule has 3 aromatic heterocycles. The van der Waals surface area contributed by atoms with Crippen molar-refractivity contribution in [3.05, 3.63) is 52.7 Å². The lowest BCUT2D eigenvalue weighted by Gasteiger charge is -2.29. The summed E-state index contributed by atoms with van der Waals surface area (Å²) in [5.41, 5.74) is 5.29. The standard InChI is InChI=1S/C22H25N5O3/c1-13(2)22(28)27-8-7-16-9-20(25-24-19(16)11-27)29-12-18-15(4)30-26-21(18)17-6-5-14(3)23-10-17/h5-6,9-10,13H,7-8,11-12H2,1-4H3. The van der Waals surface area contributed by atoms with Crippen molar-refractivity contribution in [3.63, 3.8) is 0 Å². The summed E-state index contributed by atoms with van der Waals surface area (Å²) >= 11 is 0. The van der Waals surface area contributed by atoms with E-state index in [1.807, 2.05) is 50.8 Å². The molecule has 1 amide bonds.